The molecule has 0 bridgehead atoms. The maximum Gasteiger partial charge on any atom is 0.123 e. The molecule has 0 saturated carbocycles. The van der Waals surface area contributed by atoms with Gasteiger partial charge in [0.15, 0.2) is 0 Å². The summed E-state index contributed by atoms with van der Waals surface area (Å²) in [6.07, 6.45) is 0. The first-order valence-corrected chi connectivity index (χ1v) is 6.54. The van der Waals surface area contributed by atoms with Crippen LogP contribution in [0.5, 0.6) is 0 Å². The molecule has 1 N–H and O–H groups in total. The third-order valence-corrected chi connectivity index (χ3v) is 3.45. The number of rotatable bonds is 3. The number of benzene rings is 2. The second-order valence-electron chi connectivity index (χ2n) is 5.09. The summed E-state index contributed by atoms with van der Waals surface area (Å²) in [4.78, 5) is 0. The van der Waals surface area contributed by atoms with Gasteiger partial charge in [-0.3, -0.25) is 0 Å². The van der Waals surface area contributed by atoms with Crippen LogP contribution in [0.25, 0.3) is 11.1 Å². The summed E-state index contributed by atoms with van der Waals surface area (Å²) >= 11 is 0. The molecule has 0 unspecified atom stereocenters. The van der Waals surface area contributed by atoms with Gasteiger partial charge < -0.3 is 5.32 Å². The maximum atomic E-state index is 13.4. The topological polar surface area (TPSA) is 12.0 Å². The minimum absolute atomic E-state index is 0.164. The molecule has 100 valence electrons. The van der Waals surface area contributed by atoms with Crippen LogP contribution < -0.4 is 5.32 Å². The highest BCUT2D eigenvalue weighted by atomic mass is 19.1. The summed E-state index contributed by atoms with van der Waals surface area (Å²) in [5.74, 6) is -0.164. The van der Waals surface area contributed by atoms with Crippen LogP contribution in [0.1, 0.15) is 22.3 Å². The molecule has 0 aliphatic heterocycles. The van der Waals surface area contributed by atoms with E-state index in [1.165, 1.54) is 16.7 Å². The van der Waals surface area contributed by atoms with Crippen LogP contribution in [0.15, 0.2) is 30.3 Å². The lowest BCUT2D eigenvalue weighted by atomic mass is 9.91. The van der Waals surface area contributed by atoms with Gasteiger partial charge in [-0.05, 0) is 79.4 Å². The third kappa shape index (κ3) is 2.85. The van der Waals surface area contributed by atoms with Crippen molar-refractivity contribution in [3.05, 3.63) is 58.4 Å². The normalized spacial score (nSPS) is 10.8. The second kappa shape index (κ2) is 5.54. The fraction of sp³-hybridized carbons (Fsp3) is 0.294. The third-order valence-electron chi connectivity index (χ3n) is 3.45. The first kappa shape index (κ1) is 13.8. The zero-order valence-electron chi connectivity index (χ0n) is 12.0. The standard InChI is InChI=1S/C17H20FN/c1-11-5-6-14(10-19-4)9-16(11)17-12(2)7-15(18)8-13(17)3/h5-9,19H,10H2,1-4H3. The molecule has 2 aromatic carbocycles. The van der Waals surface area contributed by atoms with Gasteiger partial charge in [-0.15, -0.1) is 0 Å². The van der Waals surface area contributed by atoms with E-state index in [-0.39, 0.29) is 5.82 Å². The molecule has 0 heterocycles. The lowest BCUT2D eigenvalue weighted by molar-refractivity contribution is 0.625. The number of aryl methyl sites for hydroxylation is 3. The van der Waals surface area contributed by atoms with Crippen molar-refractivity contribution in [2.75, 3.05) is 7.05 Å². The highest BCUT2D eigenvalue weighted by Crippen LogP contribution is 2.31. The summed E-state index contributed by atoms with van der Waals surface area (Å²) in [6.45, 7) is 6.87. The molecule has 0 aromatic heterocycles. The van der Waals surface area contributed by atoms with E-state index >= 15 is 0 Å². The molecule has 0 radical (unpaired) electrons. The van der Waals surface area contributed by atoms with E-state index in [2.05, 4.69) is 30.4 Å². The van der Waals surface area contributed by atoms with Gasteiger partial charge >= 0.3 is 0 Å². The molecule has 0 amide bonds. The van der Waals surface area contributed by atoms with E-state index in [0.717, 1.165) is 23.2 Å². The summed E-state index contributed by atoms with van der Waals surface area (Å²) in [6, 6.07) is 9.66. The second-order valence-corrected chi connectivity index (χ2v) is 5.09. The Morgan fingerprint density at radius 3 is 2.16 bits per heavy atom. The highest BCUT2D eigenvalue weighted by Gasteiger charge is 2.10. The Labute approximate surface area is 114 Å². The van der Waals surface area contributed by atoms with Crippen molar-refractivity contribution in [1.82, 2.24) is 5.32 Å². The Hall–Kier alpha value is -1.67. The van der Waals surface area contributed by atoms with Gasteiger partial charge in [0.2, 0.25) is 0 Å². The van der Waals surface area contributed by atoms with Crippen LogP contribution in [0.3, 0.4) is 0 Å². The number of halogens is 1. The SMILES string of the molecule is CNCc1ccc(C)c(-c2c(C)cc(F)cc2C)c1. The minimum Gasteiger partial charge on any atom is -0.316 e. The molecule has 2 aromatic rings. The van der Waals surface area contributed by atoms with E-state index < -0.39 is 0 Å². The molecule has 1 nitrogen and oxygen atoms in total. The fourth-order valence-electron chi connectivity index (χ4n) is 2.59. The molecule has 2 rings (SSSR count). The maximum absolute atomic E-state index is 13.4. The van der Waals surface area contributed by atoms with Crippen LogP contribution in [-0.2, 0) is 6.54 Å². The van der Waals surface area contributed by atoms with Crippen molar-refractivity contribution in [3.63, 3.8) is 0 Å². The Morgan fingerprint density at radius 1 is 0.947 bits per heavy atom. The molecular weight excluding hydrogens is 237 g/mol. The van der Waals surface area contributed by atoms with Gasteiger partial charge in [-0.2, -0.15) is 0 Å². The fourth-order valence-corrected chi connectivity index (χ4v) is 2.59. The highest BCUT2D eigenvalue weighted by molar-refractivity contribution is 5.74. The van der Waals surface area contributed by atoms with Gasteiger partial charge in [0, 0.05) is 6.54 Å². The molecule has 0 aliphatic rings. The zero-order chi connectivity index (χ0) is 14.0. The van der Waals surface area contributed by atoms with Gasteiger partial charge in [-0.25, -0.2) is 4.39 Å². The minimum atomic E-state index is -0.164. The lowest BCUT2D eigenvalue weighted by Crippen LogP contribution is -2.05. The van der Waals surface area contributed by atoms with Crippen molar-refractivity contribution in [2.24, 2.45) is 0 Å². The summed E-state index contributed by atoms with van der Waals surface area (Å²) in [7, 11) is 1.94. The van der Waals surface area contributed by atoms with Crippen molar-refractivity contribution in [3.8, 4) is 11.1 Å². The smallest absolute Gasteiger partial charge is 0.123 e. The Morgan fingerprint density at radius 2 is 1.58 bits per heavy atom. The van der Waals surface area contributed by atoms with Crippen molar-refractivity contribution in [1.29, 1.82) is 0 Å². The first-order valence-electron chi connectivity index (χ1n) is 6.54. The Bertz CT molecular complexity index is 579. The molecular formula is C17H20FN. The Kier molecular flexibility index (Phi) is 4.01. The van der Waals surface area contributed by atoms with Gasteiger partial charge in [0.1, 0.15) is 5.82 Å². The van der Waals surface area contributed by atoms with Crippen LogP contribution in [0, 0.1) is 26.6 Å². The van der Waals surface area contributed by atoms with Crippen molar-refractivity contribution < 1.29 is 4.39 Å². The van der Waals surface area contributed by atoms with E-state index in [9.17, 15) is 4.39 Å². The molecule has 0 spiro atoms. The van der Waals surface area contributed by atoms with Crippen LogP contribution in [-0.4, -0.2) is 7.05 Å². The van der Waals surface area contributed by atoms with E-state index in [0.29, 0.717) is 0 Å². The van der Waals surface area contributed by atoms with Crippen molar-refractivity contribution >= 4 is 0 Å². The summed E-state index contributed by atoms with van der Waals surface area (Å²) in [5, 5.41) is 3.16. The predicted molar refractivity (Wildman–Crippen MR) is 78.8 cm³/mol. The van der Waals surface area contributed by atoms with Gasteiger partial charge in [0.05, 0.1) is 0 Å². The van der Waals surface area contributed by atoms with Crippen molar-refractivity contribution in [2.45, 2.75) is 27.3 Å². The van der Waals surface area contributed by atoms with E-state index in [4.69, 9.17) is 0 Å². The summed E-state index contributed by atoms with van der Waals surface area (Å²) < 4.78 is 13.4. The number of hydrogen-bond donors (Lipinski definition) is 1. The Balaban J connectivity index is 2.61. The van der Waals surface area contributed by atoms with E-state index in [1.807, 2.05) is 20.9 Å². The number of nitrogens with one attached hydrogen (secondary N) is 1. The average molecular weight is 257 g/mol. The largest absolute Gasteiger partial charge is 0.316 e. The lowest BCUT2D eigenvalue weighted by Gasteiger charge is -2.14. The number of hydrogen-bond acceptors (Lipinski definition) is 1. The average Bonchev–Trinajstić information content (AvgIpc) is 2.32. The molecule has 0 fully saturated rings. The molecule has 19 heavy (non-hydrogen) atoms. The summed E-state index contributed by atoms with van der Waals surface area (Å²) in [5.41, 5.74) is 6.79. The molecule has 0 aliphatic carbocycles. The van der Waals surface area contributed by atoms with Gasteiger partial charge in [0.25, 0.3) is 0 Å². The molecule has 0 atom stereocenters. The van der Waals surface area contributed by atoms with Crippen LogP contribution in [0.4, 0.5) is 4.39 Å². The predicted octanol–water partition coefficient (Wildman–Crippen LogP) is 4.14. The van der Waals surface area contributed by atoms with Gasteiger partial charge in [-0.1, -0.05) is 12.1 Å². The van der Waals surface area contributed by atoms with Crippen LogP contribution in [0.2, 0.25) is 0 Å². The molecule has 0 saturated heterocycles. The quantitative estimate of drug-likeness (QED) is 0.871. The van der Waals surface area contributed by atoms with E-state index in [1.54, 1.807) is 12.1 Å². The zero-order valence-corrected chi connectivity index (χ0v) is 12.0. The monoisotopic (exact) mass is 257 g/mol. The molecule has 2 heteroatoms. The van der Waals surface area contributed by atoms with Crippen LogP contribution >= 0.6 is 0 Å². The first-order chi connectivity index (χ1) is 9.02.